The maximum Gasteiger partial charge on any atom is 0.234 e. The molecule has 0 spiro atoms. The zero-order valence-electron chi connectivity index (χ0n) is 9.43. The van der Waals surface area contributed by atoms with Gasteiger partial charge in [0.1, 0.15) is 0 Å². The van der Waals surface area contributed by atoms with Gasteiger partial charge in [-0.25, -0.2) is 0 Å². The minimum atomic E-state index is -0.556. The molecule has 5 N–H and O–H groups in total. The molecule has 0 unspecified atom stereocenters. The average molecular weight is 231 g/mol. The lowest BCUT2D eigenvalue weighted by molar-refractivity contribution is -0.123. The van der Waals surface area contributed by atoms with E-state index in [1.54, 1.807) is 0 Å². The number of nitrogens with one attached hydrogen (secondary N) is 1. The van der Waals surface area contributed by atoms with Crippen LogP contribution in [-0.2, 0) is 4.79 Å². The van der Waals surface area contributed by atoms with Crippen LogP contribution in [0.1, 0.15) is 12.8 Å². The van der Waals surface area contributed by atoms with Crippen LogP contribution >= 0.6 is 0 Å². The van der Waals surface area contributed by atoms with E-state index in [0.29, 0.717) is 6.54 Å². The van der Waals surface area contributed by atoms with Crippen LogP contribution in [-0.4, -0.2) is 66.0 Å². The number of nitrogens with zero attached hydrogens (tertiary/aromatic N) is 1. The molecule has 0 bridgehead atoms. The van der Waals surface area contributed by atoms with E-state index < -0.39 is 6.04 Å². The molecule has 0 radical (unpaired) electrons. The monoisotopic (exact) mass is 231 g/mol. The smallest absolute Gasteiger partial charge is 0.234 e. The Morgan fingerprint density at radius 1 is 1.38 bits per heavy atom. The molecule has 94 valence electrons. The molecule has 1 aliphatic rings. The number of aliphatic hydroxyl groups is 2. The number of carbonyl (C=O) groups is 1. The van der Waals surface area contributed by atoms with Crippen LogP contribution in [0.5, 0.6) is 0 Å². The van der Waals surface area contributed by atoms with Crippen molar-refractivity contribution in [2.24, 2.45) is 5.73 Å². The van der Waals surface area contributed by atoms with E-state index in [4.69, 9.17) is 15.9 Å². The molecule has 6 nitrogen and oxygen atoms in total. The number of aliphatic hydroxyl groups excluding tert-OH is 2. The zero-order valence-corrected chi connectivity index (χ0v) is 9.43. The number of amides is 1. The summed E-state index contributed by atoms with van der Waals surface area (Å²) >= 11 is 0. The minimum absolute atomic E-state index is 0.163. The van der Waals surface area contributed by atoms with Gasteiger partial charge in [-0.3, -0.25) is 9.69 Å². The molecule has 1 aliphatic heterocycles. The molecule has 0 aliphatic carbocycles. The summed E-state index contributed by atoms with van der Waals surface area (Å²) in [5, 5.41) is 20.2. The predicted molar refractivity (Wildman–Crippen MR) is 59.8 cm³/mol. The zero-order chi connectivity index (χ0) is 12.0. The molecule has 1 amide bonds. The number of hydrogen-bond donors (Lipinski definition) is 4. The molecule has 0 atom stereocenters. The first kappa shape index (κ1) is 13.4. The molecular weight excluding hydrogens is 210 g/mol. The summed E-state index contributed by atoms with van der Waals surface area (Å²) in [7, 11) is 0. The van der Waals surface area contributed by atoms with Crippen molar-refractivity contribution >= 4 is 5.91 Å². The summed E-state index contributed by atoms with van der Waals surface area (Å²) in [5.41, 5.74) is 5.76. The minimum Gasteiger partial charge on any atom is -0.394 e. The molecule has 16 heavy (non-hydrogen) atoms. The summed E-state index contributed by atoms with van der Waals surface area (Å²) in [6, 6.07) is -0.304. The summed E-state index contributed by atoms with van der Waals surface area (Å²) in [5.74, 6) is -0.163. The predicted octanol–water partition coefficient (Wildman–Crippen LogP) is -2.12. The average Bonchev–Trinajstić information content (AvgIpc) is 2.29. The lowest BCUT2D eigenvalue weighted by atomic mass is 10.1. The van der Waals surface area contributed by atoms with E-state index in [9.17, 15) is 4.79 Å². The maximum absolute atomic E-state index is 11.5. The standard InChI is InChI=1S/C10H21N3O3/c11-8-1-3-13(4-2-8)5-10(16)12-9(6-14)7-15/h8-9,14-15H,1-7,11H2,(H,12,16). The molecule has 0 aromatic heterocycles. The van der Waals surface area contributed by atoms with E-state index in [0.717, 1.165) is 25.9 Å². The van der Waals surface area contributed by atoms with Crippen molar-refractivity contribution in [2.75, 3.05) is 32.8 Å². The van der Waals surface area contributed by atoms with Crippen molar-refractivity contribution in [2.45, 2.75) is 24.9 Å². The summed E-state index contributed by atoms with van der Waals surface area (Å²) in [6.07, 6.45) is 1.83. The highest BCUT2D eigenvalue weighted by Crippen LogP contribution is 2.07. The second-order valence-electron chi connectivity index (χ2n) is 4.24. The van der Waals surface area contributed by atoms with Gasteiger partial charge in [0, 0.05) is 19.1 Å². The summed E-state index contributed by atoms with van der Waals surface area (Å²) < 4.78 is 0. The molecule has 6 heteroatoms. The lowest BCUT2D eigenvalue weighted by Crippen LogP contribution is -2.48. The topological polar surface area (TPSA) is 98.8 Å². The third kappa shape index (κ3) is 4.44. The summed E-state index contributed by atoms with van der Waals surface area (Å²) in [6.45, 7) is 1.48. The molecular formula is C10H21N3O3. The number of hydrogen-bond acceptors (Lipinski definition) is 5. The SMILES string of the molecule is NC1CCN(CC(=O)NC(CO)CO)CC1. The number of likely N-dealkylation sites (tertiary alicyclic amines) is 1. The number of piperidine rings is 1. The van der Waals surface area contributed by atoms with E-state index >= 15 is 0 Å². The highest BCUT2D eigenvalue weighted by molar-refractivity contribution is 5.78. The van der Waals surface area contributed by atoms with Gasteiger partial charge >= 0.3 is 0 Å². The fraction of sp³-hybridized carbons (Fsp3) is 0.900. The first-order valence-corrected chi connectivity index (χ1v) is 5.64. The van der Waals surface area contributed by atoms with Crippen molar-refractivity contribution in [3.05, 3.63) is 0 Å². The van der Waals surface area contributed by atoms with E-state index in [-0.39, 0.29) is 25.2 Å². The molecule has 0 aromatic carbocycles. The Kier molecular flexibility index (Phi) is 5.68. The third-order valence-electron chi connectivity index (χ3n) is 2.81. The first-order chi connectivity index (χ1) is 7.65. The second kappa shape index (κ2) is 6.80. The molecule has 0 aromatic rings. The van der Waals surface area contributed by atoms with Crippen molar-refractivity contribution in [3.63, 3.8) is 0 Å². The summed E-state index contributed by atoms with van der Waals surface area (Å²) in [4.78, 5) is 13.5. The number of carbonyl (C=O) groups excluding carboxylic acids is 1. The van der Waals surface area contributed by atoms with Crippen LogP contribution in [0.25, 0.3) is 0 Å². The van der Waals surface area contributed by atoms with Gasteiger partial charge in [0.25, 0.3) is 0 Å². The van der Waals surface area contributed by atoms with Gasteiger partial charge in [-0.1, -0.05) is 0 Å². The van der Waals surface area contributed by atoms with Crippen molar-refractivity contribution in [1.82, 2.24) is 10.2 Å². The first-order valence-electron chi connectivity index (χ1n) is 5.64. The molecule has 1 rings (SSSR count). The number of rotatable bonds is 5. The Labute approximate surface area is 95.4 Å². The van der Waals surface area contributed by atoms with Crippen LogP contribution in [0.3, 0.4) is 0 Å². The van der Waals surface area contributed by atoms with Crippen LogP contribution in [0, 0.1) is 0 Å². The molecule has 0 saturated carbocycles. The van der Waals surface area contributed by atoms with Gasteiger partial charge in [0.15, 0.2) is 0 Å². The van der Waals surface area contributed by atoms with Crippen LogP contribution < -0.4 is 11.1 Å². The fourth-order valence-electron chi connectivity index (χ4n) is 1.74. The Bertz CT molecular complexity index is 213. The van der Waals surface area contributed by atoms with Gasteiger partial charge in [-0.15, -0.1) is 0 Å². The maximum atomic E-state index is 11.5. The lowest BCUT2D eigenvalue weighted by Gasteiger charge is -2.29. The second-order valence-corrected chi connectivity index (χ2v) is 4.24. The Hall–Kier alpha value is -0.690. The van der Waals surface area contributed by atoms with Crippen LogP contribution in [0.4, 0.5) is 0 Å². The van der Waals surface area contributed by atoms with Gasteiger partial charge < -0.3 is 21.3 Å². The fourth-order valence-corrected chi connectivity index (χ4v) is 1.74. The van der Waals surface area contributed by atoms with Crippen LogP contribution in [0.15, 0.2) is 0 Å². The molecule has 1 heterocycles. The largest absolute Gasteiger partial charge is 0.394 e. The van der Waals surface area contributed by atoms with Gasteiger partial charge in [0.05, 0.1) is 25.8 Å². The van der Waals surface area contributed by atoms with Gasteiger partial charge in [-0.05, 0) is 12.8 Å². The number of nitrogens with two attached hydrogens (primary N) is 1. The van der Waals surface area contributed by atoms with E-state index in [1.165, 1.54) is 0 Å². The Balaban J connectivity index is 2.23. The van der Waals surface area contributed by atoms with Gasteiger partial charge in [0.2, 0.25) is 5.91 Å². The Morgan fingerprint density at radius 3 is 2.44 bits per heavy atom. The molecule has 1 saturated heterocycles. The normalized spacial score (nSPS) is 19.0. The Morgan fingerprint density at radius 2 is 1.94 bits per heavy atom. The van der Waals surface area contributed by atoms with Crippen molar-refractivity contribution in [3.8, 4) is 0 Å². The van der Waals surface area contributed by atoms with Gasteiger partial charge in [-0.2, -0.15) is 0 Å². The quantitative estimate of drug-likeness (QED) is 0.433. The third-order valence-corrected chi connectivity index (χ3v) is 2.81. The van der Waals surface area contributed by atoms with Crippen molar-refractivity contribution < 1.29 is 15.0 Å². The van der Waals surface area contributed by atoms with E-state index in [2.05, 4.69) is 5.32 Å². The highest BCUT2D eigenvalue weighted by atomic mass is 16.3. The molecule has 1 fully saturated rings. The van der Waals surface area contributed by atoms with Crippen molar-refractivity contribution in [1.29, 1.82) is 0 Å². The van der Waals surface area contributed by atoms with Crippen LogP contribution in [0.2, 0.25) is 0 Å². The highest BCUT2D eigenvalue weighted by Gasteiger charge is 2.19. The van der Waals surface area contributed by atoms with E-state index in [1.807, 2.05) is 4.90 Å².